The second-order valence-corrected chi connectivity index (χ2v) is 7.16. The van der Waals surface area contributed by atoms with E-state index in [0.717, 1.165) is 10.6 Å². The van der Waals surface area contributed by atoms with E-state index in [4.69, 9.17) is 16.3 Å². The second kappa shape index (κ2) is 7.79. The fourth-order valence-corrected chi connectivity index (χ4v) is 3.73. The van der Waals surface area contributed by atoms with Crippen LogP contribution in [0.4, 0.5) is 0 Å². The number of rotatable bonds is 6. The molecule has 1 amide bonds. The van der Waals surface area contributed by atoms with Gasteiger partial charge in [-0.25, -0.2) is 4.98 Å². The van der Waals surface area contributed by atoms with E-state index in [1.165, 1.54) is 11.3 Å². The molecule has 2 aromatic heterocycles. The summed E-state index contributed by atoms with van der Waals surface area (Å²) < 4.78 is 5.61. The van der Waals surface area contributed by atoms with Crippen molar-refractivity contribution in [2.75, 3.05) is 20.2 Å². The van der Waals surface area contributed by atoms with Crippen LogP contribution in [0.2, 0.25) is 5.02 Å². The van der Waals surface area contributed by atoms with Crippen LogP contribution in [0.5, 0.6) is 5.75 Å². The average Bonchev–Trinajstić information content (AvgIpc) is 3.25. The number of hydrogen-bond acceptors (Lipinski definition) is 5. The SMILES string of the molecule is CN(CCOc1cccc(Cl)c1)C(=O)c1csc(-c2ccsc2)n1. The minimum Gasteiger partial charge on any atom is -0.492 e. The van der Waals surface area contributed by atoms with E-state index in [1.54, 1.807) is 40.8 Å². The van der Waals surface area contributed by atoms with Gasteiger partial charge in [-0.15, -0.1) is 11.3 Å². The molecule has 124 valence electrons. The van der Waals surface area contributed by atoms with Gasteiger partial charge in [-0.3, -0.25) is 4.79 Å². The third-order valence-electron chi connectivity index (χ3n) is 3.33. The monoisotopic (exact) mass is 378 g/mol. The summed E-state index contributed by atoms with van der Waals surface area (Å²) in [6.45, 7) is 0.862. The fraction of sp³-hybridized carbons (Fsp3) is 0.176. The molecule has 3 aromatic rings. The van der Waals surface area contributed by atoms with Crippen molar-refractivity contribution in [3.8, 4) is 16.3 Å². The van der Waals surface area contributed by atoms with E-state index >= 15 is 0 Å². The van der Waals surface area contributed by atoms with E-state index in [0.29, 0.717) is 29.6 Å². The molecule has 0 aliphatic rings. The summed E-state index contributed by atoms with van der Waals surface area (Å²) >= 11 is 9.00. The average molecular weight is 379 g/mol. The van der Waals surface area contributed by atoms with Crippen molar-refractivity contribution in [2.45, 2.75) is 0 Å². The first-order chi connectivity index (χ1) is 11.6. The lowest BCUT2D eigenvalue weighted by atomic mass is 10.3. The number of carbonyl (C=O) groups is 1. The quantitative estimate of drug-likeness (QED) is 0.625. The van der Waals surface area contributed by atoms with Gasteiger partial charge < -0.3 is 9.64 Å². The van der Waals surface area contributed by atoms with Crippen molar-refractivity contribution >= 4 is 40.2 Å². The van der Waals surface area contributed by atoms with Gasteiger partial charge in [0.2, 0.25) is 0 Å². The van der Waals surface area contributed by atoms with Crippen molar-refractivity contribution in [1.82, 2.24) is 9.88 Å². The van der Waals surface area contributed by atoms with Crippen LogP contribution in [-0.2, 0) is 0 Å². The smallest absolute Gasteiger partial charge is 0.273 e. The highest BCUT2D eigenvalue weighted by Gasteiger charge is 2.16. The number of thiazole rings is 1. The molecule has 0 aliphatic heterocycles. The molecular weight excluding hydrogens is 364 g/mol. The standard InChI is InChI=1S/C17H15ClN2O2S2/c1-20(6-7-22-14-4-2-3-13(18)9-14)17(21)15-11-24-16(19-15)12-5-8-23-10-12/h2-5,8-11H,6-7H2,1H3. The fourth-order valence-electron chi connectivity index (χ4n) is 2.05. The van der Waals surface area contributed by atoms with Crippen molar-refractivity contribution in [3.63, 3.8) is 0 Å². The van der Waals surface area contributed by atoms with Crippen LogP contribution in [0.3, 0.4) is 0 Å². The first-order valence-corrected chi connectivity index (χ1v) is 9.45. The van der Waals surface area contributed by atoms with Gasteiger partial charge in [-0.2, -0.15) is 11.3 Å². The van der Waals surface area contributed by atoms with Crippen LogP contribution >= 0.6 is 34.3 Å². The zero-order valence-corrected chi connectivity index (χ0v) is 15.3. The Morgan fingerprint density at radius 2 is 2.21 bits per heavy atom. The molecule has 0 N–H and O–H groups in total. The zero-order chi connectivity index (χ0) is 16.9. The minimum atomic E-state index is -0.109. The Bertz CT molecular complexity index is 818. The van der Waals surface area contributed by atoms with Crippen LogP contribution in [0.1, 0.15) is 10.5 Å². The summed E-state index contributed by atoms with van der Waals surface area (Å²) in [6.07, 6.45) is 0. The summed E-state index contributed by atoms with van der Waals surface area (Å²) in [5.41, 5.74) is 1.52. The van der Waals surface area contributed by atoms with Gasteiger partial charge in [-0.1, -0.05) is 17.7 Å². The van der Waals surface area contributed by atoms with Gasteiger partial charge in [0.1, 0.15) is 23.1 Å². The molecule has 7 heteroatoms. The van der Waals surface area contributed by atoms with Crippen LogP contribution < -0.4 is 4.74 Å². The molecule has 0 saturated carbocycles. The van der Waals surface area contributed by atoms with Gasteiger partial charge in [0.25, 0.3) is 5.91 Å². The summed E-state index contributed by atoms with van der Waals surface area (Å²) in [5.74, 6) is 0.583. The van der Waals surface area contributed by atoms with Crippen molar-refractivity contribution < 1.29 is 9.53 Å². The van der Waals surface area contributed by atoms with Crippen molar-refractivity contribution in [2.24, 2.45) is 0 Å². The van der Waals surface area contributed by atoms with Gasteiger partial charge >= 0.3 is 0 Å². The maximum absolute atomic E-state index is 12.4. The van der Waals surface area contributed by atoms with Gasteiger partial charge in [0, 0.05) is 28.4 Å². The van der Waals surface area contributed by atoms with E-state index in [2.05, 4.69) is 4.98 Å². The molecule has 24 heavy (non-hydrogen) atoms. The van der Waals surface area contributed by atoms with Crippen LogP contribution in [0.25, 0.3) is 10.6 Å². The number of benzene rings is 1. The molecule has 0 bridgehead atoms. The van der Waals surface area contributed by atoms with Gasteiger partial charge in [-0.05, 0) is 29.6 Å². The molecular formula is C17H15ClN2O2S2. The van der Waals surface area contributed by atoms with Crippen LogP contribution in [0.15, 0.2) is 46.5 Å². The first kappa shape index (κ1) is 17.0. The second-order valence-electron chi connectivity index (χ2n) is 5.08. The lowest BCUT2D eigenvalue weighted by molar-refractivity contribution is 0.0769. The van der Waals surface area contributed by atoms with Crippen molar-refractivity contribution in [3.05, 3.63) is 57.2 Å². The van der Waals surface area contributed by atoms with E-state index in [1.807, 2.05) is 29.0 Å². The third-order valence-corrected chi connectivity index (χ3v) is 5.14. The van der Waals surface area contributed by atoms with Crippen molar-refractivity contribution in [1.29, 1.82) is 0 Å². The van der Waals surface area contributed by atoms with Gasteiger partial charge in [0.05, 0.1) is 6.54 Å². The Morgan fingerprint density at radius 1 is 1.33 bits per heavy atom. The van der Waals surface area contributed by atoms with E-state index in [-0.39, 0.29) is 5.91 Å². The Balaban J connectivity index is 1.55. The Labute approximate surface area is 153 Å². The minimum absolute atomic E-state index is 0.109. The highest BCUT2D eigenvalue weighted by atomic mass is 35.5. The number of thiophene rings is 1. The number of likely N-dealkylation sites (N-methyl/N-ethyl adjacent to an activating group) is 1. The number of hydrogen-bond donors (Lipinski definition) is 0. The largest absolute Gasteiger partial charge is 0.492 e. The summed E-state index contributed by atoms with van der Waals surface area (Å²) in [7, 11) is 1.74. The third kappa shape index (κ3) is 4.14. The maximum Gasteiger partial charge on any atom is 0.273 e. The molecule has 0 spiro atoms. The van der Waals surface area contributed by atoms with E-state index < -0.39 is 0 Å². The molecule has 2 heterocycles. The number of nitrogens with zero attached hydrogens (tertiary/aromatic N) is 2. The molecule has 0 atom stereocenters. The molecule has 3 rings (SSSR count). The number of carbonyl (C=O) groups excluding carboxylic acids is 1. The molecule has 4 nitrogen and oxygen atoms in total. The zero-order valence-electron chi connectivity index (χ0n) is 12.9. The molecule has 1 aromatic carbocycles. The highest BCUT2D eigenvalue weighted by molar-refractivity contribution is 7.14. The predicted molar refractivity (Wildman–Crippen MR) is 99.3 cm³/mol. The number of ether oxygens (including phenoxy) is 1. The molecule has 0 radical (unpaired) electrons. The molecule has 0 aliphatic carbocycles. The highest BCUT2D eigenvalue weighted by Crippen LogP contribution is 2.26. The predicted octanol–water partition coefficient (Wildman–Crippen LogP) is 4.68. The number of halogens is 1. The normalized spacial score (nSPS) is 10.6. The van der Waals surface area contributed by atoms with E-state index in [9.17, 15) is 4.79 Å². The Kier molecular flexibility index (Phi) is 5.50. The maximum atomic E-state index is 12.4. The number of aromatic nitrogens is 1. The molecule has 0 unspecified atom stereocenters. The van der Waals surface area contributed by atoms with Crippen LogP contribution in [-0.4, -0.2) is 36.0 Å². The summed E-state index contributed by atoms with van der Waals surface area (Å²) in [5, 5.41) is 7.31. The topological polar surface area (TPSA) is 42.4 Å². The molecule has 0 saturated heterocycles. The van der Waals surface area contributed by atoms with Crippen LogP contribution in [0, 0.1) is 0 Å². The number of amides is 1. The lowest BCUT2D eigenvalue weighted by Crippen LogP contribution is -2.31. The Hall–Kier alpha value is -1.89. The first-order valence-electron chi connectivity index (χ1n) is 7.25. The van der Waals surface area contributed by atoms with Gasteiger partial charge in [0.15, 0.2) is 0 Å². The molecule has 0 fully saturated rings. The Morgan fingerprint density at radius 3 is 2.96 bits per heavy atom. The summed E-state index contributed by atoms with van der Waals surface area (Å²) in [4.78, 5) is 18.5. The summed E-state index contributed by atoms with van der Waals surface area (Å²) in [6, 6.07) is 9.20. The lowest BCUT2D eigenvalue weighted by Gasteiger charge is -2.16.